The van der Waals surface area contributed by atoms with E-state index < -0.39 is 17.2 Å². The molecule has 1 rings (SSSR count). The maximum absolute atomic E-state index is 11.6. The van der Waals surface area contributed by atoms with Crippen molar-refractivity contribution in [2.45, 2.75) is 70.5 Å². The number of aldehydes is 1. The summed E-state index contributed by atoms with van der Waals surface area (Å²) >= 11 is 0. The Kier molecular flexibility index (Phi) is 4.91. The summed E-state index contributed by atoms with van der Waals surface area (Å²) in [5, 5.41) is 9.49. The fourth-order valence-electron chi connectivity index (χ4n) is 2.79. The second kappa shape index (κ2) is 5.83. The zero-order valence-electron chi connectivity index (χ0n) is 11.6. The lowest BCUT2D eigenvalue weighted by Crippen LogP contribution is -2.48. The average Bonchev–Trinajstić information content (AvgIpc) is 2.67. The highest BCUT2D eigenvalue weighted by Crippen LogP contribution is 2.37. The Morgan fingerprint density at radius 2 is 1.89 bits per heavy atom. The molecule has 1 unspecified atom stereocenters. The number of hydrogen-bond acceptors (Lipinski definition) is 3. The highest BCUT2D eigenvalue weighted by atomic mass is 16.5. The van der Waals surface area contributed by atoms with Crippen LogP contribution < -0.4 is 0 Å². The minimum absolute atomic E-state index is 0.0733. The topological polar surface area (TPSA) is 63.6 Å². The molecule has 1 aliphatic carbocycles. The van der Waals surface area contributed by atoms with Crippen molar-refractivity contribution in [2.24, 2.45) is 5.92 Å². The van der Waals surface area contributed by atoms with Crippen LogP contribution in [-0.2, 0) is 14.3 Å². The Labute approximate surface area is 109 Å². The molecular weight excluding hydrogens is 232 g/mol. The van der Waals surface area contributed by atoms with Crippen molar-refractivity contribution >= 4 is 12.3 Å². The summed E-state index contributed by atoms with van der Waals surface area (Å²) < 4.78 is 5.76. The quantitative estimate of drug-likeness (QED) is 0.742. The van der Waals surface area contributed by atoms with Crippen molar-refractivity contribution in [1.82, 2.24) is 0 Å². The van der Waals surface area contributed by atoms with Gasteiger partial charge in [-0.05, 0) is 33.1 Å². The van der Waals surface area contributed by atoms with Gasteiger partial charge in [0.2, 0.25) is 0 Å². The van der Waals surface area contributed by atoms with E-state index in [4.69, 9.17) is 4.74 Å². The number of carboxylic acid groups (broad SMARTS) is 1. The largest absolute Gasteiger partial charge is 0.479 e. The van der Waals surface area contributed by atoms with Crippen LogP contribution in [0.15, 0.2) is 0 Å². The summed E-state index contributed by atoms with van der Waals surface area (Å²) in [5.74, 6) is -0.653. The number of rotatable bonds is 6. The molecule has 1 N–H and O–H groups in total. The van der Waals surface area contributed by atoms with Gasteiger partial charge in [-0.15, -0.1) is 0 Å². The highest BCUT2D eigenvalue weighted by Gasteiger charge is 2.44. The zero-order valence-corrected chi connectivity index (χ0v) is 11.6. The van der Waals surface area contributed by atoms with Crippen LogP contribution in [0.2, 0.25) is 0 Å². The van der Waals surface area contributed by atoms with Gasteiger partial charge in [0.05, 0.1) is 5.60 Å². The lowest BCUT2D eigenvalue weighted by Gasteiger charge is -2.36. The first-order valence-corrected chi connectivity index (χ1v) is 6.66. The minimum Gasteiger partial charge on any atom is -0.479 e. The normalized spacial score (nSPS) is 20.6. The highest BCUT2D eigenvalue weighted by molar-refractivity contribution is 5.81. The first-order valence-electron chi connectivity index (χ1n) is 6.66. The predicted molar refractivity (Wildman–Crippen MR) is 68.5 cm³/mol. The summed E-state index contributed by atoms with van der Waals surface area (Å²) in [4.78, 5) is 22.4. The van der Waals surface area contributed by atoms with E-state index in [0.29, 0.717) is 18.6 Å². The van der Waals surface area contributed by atoms with Crippen LogP contribution in [0.4, 0.5) is 0 Å². The SMILES string of the molecule is CC(C)(C)OC(CC=O)(CC1CCCC1)C(=O)O. The van der Waals surface area contributed by atoms with Gasteiger partial charge in [-0.25, -0.2) is 4.79 Å². The average molecular weight is 256 g/mol. The molecule has 104 valence electrons. The summed E-state index contributed by atoms with van der Waals surface area (Å²) in [5.41, 5.74) is -1.92. The fraction of sp³-hybridized carbons (Fsp3) is 0.857. The van der Waals surface area contributed by atoms with E-state index in [1.165, 1.54) is 0 Å². The molecule has 0 saturated heterocycles. The molecule has 1 saturated carbocycles. The second-order valence-corrected chi connectivity index (χ2v) is 6.24. The third kappa shape index (κ3) is 4.09. The van der Waals surface area contributed by atoms with Gasteiger partial charge < -0.3 is 14.6 Å². The molecule has 0 aromatic rings. The molecule has 0 amide bonds. The molecule has 0 bridgehead atoms. The van der Waals surface area contributed by atoms with Crippen molar-refractivity contribution < 1.29 is 19.4 Å². The number of aliphatic carboxylic acids is 1. The zero-order chi connectivity index (χ0) is 13.8. The van der Waals surface area contributed by atoms with Crippen molar-refractivity contribution in [1.29, 1.82) is 0 Å². The third-order valence-corrected chi connectivity index (χ3v) is 3.40. The Bertz CT molecular complexity index is 299. The lowest BCUT2D eigenvalue weighted by molar-refractivity contribution is -0.190. The summed E-state index contributed by atoms with van der Waals surface area (Å²) in [6.07, 6.45) is 5.42. The maximum Gasteiger partial charge on any atom is 0.336 e. The molecule has 4 nitrogen and oxygen atoms in total. The van der Waals surface area contributed by atoms with Crippen LogP contribution in [0, 0.1) is 5.92 Å². The summed E-state index contributed by atoms with van der Waals surface area (Å²) in [6.45, 7) is 5.47. The molecule has 18 heavy (non-hydrogen) atoms. The van der Waals surface area contributed by atoms with Gasteiger partial charge in [0.15, 0.2) is 5.60 Å². The van der Waals surface area contributed by atoms with E-state index in [2.05, 4.69) is 0 Å². The monoisotopic (exact) mass is 256 g/mol. The van der Waals surface area contributed by atoms with E-state index in [9.17, 15) is 14.7 Å². The van der Waals surface area contributed by atoms with E-state index in [1.54, 1.807) is 0 Å². The van der Waals surface area contributed by atoms with Crippen LogP contribution in [0.5, 0.6) is 0 Å². The molecule has 1 fully saturated rings. The molecule has 0 spiro atoms. The fourth-order valence-corrected chi connectivity index (χ4v) is 2.79. The second-order valence-electron chi connectivity index (χ2n) is 6.24. The van der Waals surface area contributed by atoms with Crippen LogP contribution in [0.3, 0.4) is 0 Å². The third-order valence-electron chi connectivity index (χ3n) is 3.40. The number of carbonyl (C=O) groups is 2. The van der Waals surface area contributed by atoms with Crippen molar-refractivity contribution in [2.75, 3.05) is 0 Å². The van der Waals surface area contributed by atoms with Crippen LogP contribution in [0.25, 0.3) is 0 Å². The van der Waals surface area contributed by atoms with Gasteiger partial charge in [0, 0.05) is 6.42 Å². The number of carbonyl (C=O) groups excluding carboxylic acids is 1. The Morgan fingerprint density at radius 1 is 1.33 bits per heavy atom. The maximum atomic E-state index is 11.6. The first kappa shape index (κ1) is 15.2. The molecule has 1 aliphatic rings. The molecule has 0 aromatic carbocycles. The molecule has 0 heterocycles. The summed E-state index contributed by atoms with van der Waals surface area (Å²) in [7, 11) is 0. The van der Waals surface area contributed by atoms with E-state index in [-0.39, 0.29) is 6.42 Å². The molecular formula is C14H24O4. The van der Waals surface area contributed by atoms with Crippen molar-refractivity contribution in [3.8, 4) is 0 Å². The van der Waals surface area contributed by atoms with Crippen LogP contribution in [0.1, 0.15) is 59.3 Å². The van der Waals surface area contributed by atoms with Gasteiger partial charge in [0.25, 0.3) is 0 Å². The molecule has 1 atom stereocenters. The predicted octanol–water partition coefficient (Wildman–Crippen LogP) is 2.79. The minimum atomic E-state index is -1.35. The van der Waals surface area contributed by atoms with Crippen LogP contribution >= 0.6 is 0 Å². The summed E-state index contributed by atoms with van der Waals surface area (Å²) in [6, 6.07) is 0. The lowest BCUT2D eigenvalue weighted by atomic mass is 9.86. The van der Waals surface area contributed by atoms with Gasteiger partial charge in [-0.1, -0.05) is 25.7 Å². The van der Waals surface area contributed by atoms with Gasteiger partial charge in [-0.2, -0.15) is 0 Å². The van der Waals surface area contributed by atoms with Crippen LogP contribution in [-0.4, -0.2) is 28.6 Å². The Morgan fingerprint density at radius 3 is 2.28 bits per heavy atom. The smallest absolute Gasteiger partial charge is 0.336 e. The van der Waals surface area contributed by atoms with Gasteiger partial charge >= 0.3 is 5.97 Å². The first-order chi connectivity index (χ1) is 8.29. The number of ether oxygens (including phenoxy) is 1. The van der Waals surface area contributed by atoms with Gasteiger partial charge in [-0.3, -0.25) is 0 Å². The molecule has 0 aromatic heterocycles. The van der Waals surface area contributed by atoms with E-state index in [0.717, 1.165) is 25.7 Å². The van der Waals surface area contributed by atoms with Crippen molar-refractivity contribution in [3.63, 3.8) is 0 Å². The Balaban J connectivity index is 2.88. The number of hydrogen-bond donors (Lipinski definition) is 1. The van der Waals surface area contributed by atoms with E-state index >= 15 is 0 Å². The molecule has 4 heteroatoms. The van der Waals surface area contributed by atoms with Gasteiger partial charge in [0.1, 0.15) is 6.29 Å². The Hall–Kier alpha value is -0.900. The van der Waals surface area contributed by atoms with E-state index in [1.807, 2.05) is 20.8 Å². The molecule has 0 radical (unpaired) electrons. The van der Waals surface area contributed by atoms with Crippen molar-refractivity contribution in [3.05, 3.63) is 0 Å². The standard InChI is InChI=1S/C14H24O4/c1-13(2,3)18-14(8-9-15,12(16)17)10-11-6-4-5-7-11/h9,11H,4-8,10H2,1-3H3,(H,16,17). The molecule has 0 aliphatic heterocycles. The number of carboxylic acids is 1.